The molecule has 3 heteroatoms. The van der Waals surface area contributed by atoms with Crippen LogP contribution in [-0.4, -0.2) is 13.1 Å². The van der Waals surface area contributed by atoms with Crippen LogP contribution in [0.5, 0.6) is 0 Å². The van der Waals surface area contributed by atoms with Crippen LogP contribution in [0.4, 0.5) is 0 Å². The molecule has 1 aromatic carbocycles. The third-order valence-corrected chi connectivity index (χ3v) is 2.38. The summed E-state index contributed by atoms with van der Waals surface area (Å²) in [6, 6.07) is 8.10. The summed E-state index contributed by atoms with van der Waals surface area (Å²) >= 11 is 3.41. The van der Waals surface area contributed by atoms with Gasteiger partial charge < -0.3 is 11.5 Å². The molecule has 0 saturated heterocycles. The summed E-state index contributed by atoms with van der Waals surface area (Å²) in [6.07, 6.45) is 0. The van der Waals surface area contributed by atoms with Gasteiger partial charge in [-0.3, -0.25) is 0 Å². The molecule has 0 aliphatic carbocycles. The molecule has 1 rings (SSSR count). The van der Waals surface area contributed by atoms with Crippen molar-refractivity contribution in [3.63, 3.8) is 0 Å². The van der Waals surface area contributed by atoms with E-state index in [2.05, 4.69) is 28.1 Å². The SMILES string of the molecule is NCC(CN)c1cccc(Br)c1. The van der Waals surface area contributed by atoms with E-state index in [1.54, 1.807) is 0 Å². The van der Waals surface area contributed by atoms with Crippen molar-refractivity contribution in [2.45, 2.75) is 5.92 Å². The first-order valence-electron chi connectivity index (χ1n) is 3.93. The van der Waals surface area contributed by atoms with E-state index in [4.69, 9.17) is 11.5 Å². The minimum atomic E-state index is 0.280. The molecule has 1 aromatic rings. The van der Waals surface area contributed by atoms with Crippen LogP contribution in [0.2, 0.25) is 0 Å². The summed E-state index contributed by atoms with van der Waals surface area (Å²) in [5.41, 5.74) is 12.3. The predicted molar refractivity (Wildman–Crippen MR) is 55.0 cm³/mol. The van der Waals surface area contributed by atoms with Crippen molar-refractivity contribution in [2.75, 3.05) is 13.1 Å². The lowest BCUT2D eigenvalue weighted by Gasteiger charge is -2.12. The standard InChI is InChI=1S/C9H13BrN2/c10-9-3-1-2-7(4-9)8(5-11)6-12/h1-4,8H,5-6,11-12H2. The van der Waals surface area contributed by atoms with Gasteiger partial charge in [0, 0.05) is 23.5 Å². The van der Waals surface area contributed by atoms with Crippen molar-refractivity contribution in [1.29, 1.82) is 0 Å². The first kappa shape index (κ1) is 9.71. The van der Waals surface area contributed by atoms with E-state index >= 15 is 0 Å². The zero-order valence-corrected chi connectivity index (χ0v) is 8.42. The van der Waals surface area contributed by atoms with Gasteiger partial charge in [-0.05, 0) is 17.7 Å². The van der Waals surface area contributed by atoms with Crippen molar-refractivity contribution in [2.24, 2.45) is 11.5 Å². The monoisotopic (exact) mass is 228 g/mol. The second-order valence-electron chi connectivity index (χ2n) is 2.72. The maximum atomic E-state index is 5.57. The lowest BCUT2D eigenvalue weighted by atomic mass is 10.00. The zero-order valence-electron chi connectivity index (χ0n) is 6.83. The number of rotatable bonds is 3. The van der Waals surface area contributed by atoms with Gasteiger partial charge in [0.1, 0.15) is 0 Å². The number of hydrogen-bond acceptors (Lipinski definition) is 2. The molecule has 0 saturated carbocycles. The lowest BCUT2D eigenvalue weighted by Crippen LogP contribution is -2.21. The molecule has 0 aliphatic heterocycles. The molecule has 0 radical (unpaired) electrons. The van der Waals surface area contributed by atoms with Gasteiger partial charge in [-0.15, -0.1) is 0 Å². The van der Waals surface area contributed by atoms with E-state index < -0.39 is 0 Å². The number of hydrogen-bond donors (Lipinski definition) is 2. The summed E-state index contributed by atoms with van der Waals surface area (Å²) in [6.45, 7) is 1.21. The summed E-state index contributed by atoms with van der Waals surface area (Å²) in [7, 11) is 0. The maximum absolute atomic E-state index is 5.57. The highest BCUT2D eigenvalue weighted by Crippen LogP contribution is 2.18. The van der Waals surface area contributed by atoms with Gasteiger partial charge in [0.2, 0.25) is 0 Å². The second-order valence-corrected chi connectivity index (χ2v) is 3.64. The highest BCUT2D eigenvalue weighted by atomic mass is 79.9. The van der Waals surface area contributed by atoms with Crippen LogP contribution in [0.25, 0.3) is 0 Å². The average Bonchev–Trinajstić information content (AvgIpc) is 2.07. The van der Waals surface area contributed by atoms with Crippen LogP contribution in [-0.2, 0) is 0 Å². The van der Waals surface area contributed by atoms with Gasteiger partial charge in [-0.1, -0.05) is 28.1 Å². The molecule has 0 heterocycles. The van der Waals surface area contributed by atoms with Gasteiger partial charge in [0.05, 0.1) is 0 Å². The van der Waals surface area contributed by atoms with Crippen molar-refractivity contribution in [3.8, 4) is 0 Å². The van der Waals surface area contributed by atoms with Crippen molar-refractivity contribution in [3.05, 3.63) is 34.3 Å². The summed E-state index contributed by atoms with van der Waals surface area (Å²) in [4.78, 5) is 0. The van der Waals surface area contributed by atoms with E-state index in [-0.39, 0.29) is 5.92 Å². The molecule has 0 fully saturated rings. The Bertz CT molecular complexity index is 246. The topological polar surface area (TPSA) is 52.0 Å². The fourth-order valence-corrected chi connectivity index (χ4v) is 1.55. The third kappa shape index (κ3) is 2.30. The molecule has 0 bridgehead atoms. The Morgan fingerprint density at radius 3 is 2.42 bits per heavy atom. The summed E-state index contributed by atoms with van der Waals surface area (Å²) < 4.78 is 1.08. The largest absolute Gasteiger partial charge is 0.330 e. The molecule has 0 amide bonds. The van der Waals surface area contributed by atoms with Crippen molar-refractivity contribution in [1.82, 2.24) is 0 Å². The Morgan fingerprint density at radius 1 is 1.25 bits per heavy atom. The second kappa shape index (κ2) is 4.60. The molecule has 0 spiro atoms. The third-order valence-electron chi connectivity index (χ3n) is 1.89. The van der Waals surface area contributed by atoms with Crippen molar-refractivity contribution >= 4 is 15.9 Å². The minimum Gasteiger partial charge on any atom is -0.330 e. The normalized spacial score (nSPS) is 10.7. The van der Waals surface area contributed by atoms with Gasteiger partial charge in [-0.2, -0.15) is 0 Å². The van der Waals surface area contributed by atoms with Gasteiger partial charge in [0.15, 0.2) is 0 Å². The van der Waals surface area contributed by atoms with Crippen LogP contribution in [0.1, 0.15) is 11.5 Å². The Hall–Kier alpha value is -0.380. The molecule has 66 valence electrons. The van der Waals surface area contributed by atoms with Crippen molar-refractivity contribution < 1.29 is 0 Å². The fourth-order valence-electron chi connectivity index (χ4n) is 1.13. The number of halogens is 1. The fraction of sp³-hybridized carbons (Fsp3) is 0.333. The molecular formula is C9H13BrN2. The van der Waals surface area contributed by atoms with Crippen LogP contribution in [0.3, 0.4) is 0 Å². The Balaban J connectivity index is 2.85. The van der Waals surface area contributed by atoms with Crippen LogP contribution in [0, 0.1) is 0 Å². The molecule has 4 N–H and O–H groups in total. The predicted octanol–water partition coefficient (Wildman–Crippen LogP) is 1.45. The molecular weight excluding hydrogens is 216 g/mol. The maximum Gasteiger partial charge on any atom is 0.0178 e. The van der Waals surface area contributed by atoms with Crippen LogP contribution in [0.15, 0.2) is 28.7 Å². The molecule has 0 atom stereocenters. The Labute approximate surface area is 81.1 Å². The lowest BCUT2D eigenvalue weighted by molar-refractivity contribution is 0.708. The highest BCUT2D eigenvalue weighted by molar-refractivity contribution is 9.10. The van der Waals surface area contributed by atoms with Gasteiger partial charge in [-0.25, -0.2) is 0 Å². The van der Waals surface area contributed by atoms with E-state index in [1.165, 1.54) is 5.56 Å². The van der Waals surface area contributed by atoms with E-state index in [0.29, 0.717) is 13.1 Å². The van der Waals surface area contributed by atoms with Crippen LogP contribution >= 0.6 is 15.9 Å². The molecule has 0 aliphatic rings. The highest BCUT2D eigenvalue weighted by Gasteiger charge is 2.06. The van der Waals surface area contributed by atoms with E-state index in [1.807, 2.05) is 12.1 Å². The first-order valence-corrected chi connectivity index (χ1v) is 4.73. The smallest absolute Gasteiger partial charge is 0.0178 e. The zero-order chi connectivity index (χ0) is 8.97. The van der Waals surface area contributed by atoms with E-state index in [0.717, 1.165) is 4.47 Å². The Kier molecular flexibility index (Phi) is 3.72. The molecule has 12 heavy (non-hydrogen) atoms. The van der Waals surface area contributed by atoms with E-state index in [9.17, 15) is 0 Å². The summed E-state index contributed by atoms with van der Waals surface area (Å²) in [5, 5.41) is 0. The van der Waals surface area contributed by atoms with Gasteiger partial charge >= 0.3 is 0 Å². The van der Waals surface area contributed by atoms with Crippen LogP contribution < -0.4 is 11.5 Å². The minimum absolute atomic E-state index is 0.280. The molecule has 0 aromatic heterocycles. The van der Waals surface area contributed by atoms with Gasteiger partial charge in [0.25, 0.3) is 0 Å². The molecule has 0 unspecified atom stereocenters. The number of nitrogens with two attached hydrogens (primary N) is 2. The Morgan fingerprint density at radius 2 is 1.92 bits per heavy atom. The molecule has 2 nitrogen and oxygen atoms in total. The number of benzene rings is 1. The average molecular weight is 229 g/mol. The first-order chi connectivity index (χ1) is 5.77. The quantitative estimate of drug-likeness (QED) is 0.824. The summed E-state index contributed by atoms with van der Waals surface area (Å²) in [5.74, 6) is 0.280.